The minimum atomic E-state index is -0.428. The van der Waals surface area contributed by atoms with Crippen LogP contribution < -0.4 is 14.8 Å². The van der Waals surface area contributed by atoms with Gasteiger partial charge in [0.05, 0.1) is 14.2 Å². The topological polar surface area (TPSA) is 47.6 Å². The van der Waals surface area contributed by atoms with Crippen LogP contribution >= 0.6 is 11.6 Å². The van der Waals surface area contributed by atoms with E-state index in [1.165, 1.54) is 0 Å². The van der Waals surface area contributed by atoms with E-state index in [0.29, 0.717) is 23.1 Å². The van der Waals surface area contributed by atoms with Crippen LogP contribution in [0.25, 0.3) is 0 Å². The van der Waals surface area contributed by atoms with Crippen LogP contribution in [0.4, 0.5) is 0 Å². The van der Waals surface area contributed by atoms with Gasteiger partial charge in [-0.1, -0.05) is 32.4 Å². The van der Waals surface area contributed by atoms with Crippen molar-refractivity contribution < 1.29 is 14.3 Å². The molecule has 4 nitrogen and oxygen atoms in total. The third-order valence-corrected chi connectivity index (χ3v) is 3.03. The molecule has 5 heteroatoms. The van der Waals surface area contributed by atoms with Crippen LogP contribution in [-0.2, 0) is 11.3 Å². The summed E-state index contributed by atoms with van der Waals surface area (Å²) >= 11 is 6.15. The van der Waals surface area contributed by atoms with Gasteiger partial charge >= 0.3 is 0 Å². The van der Waals surface area contributed by atoms with E-state index in [0.717, 1.165) is 5.56 Å². The van der Waals surface area contributed by atoms with E-state index in [1.807, 2.05) is 20.8 Å². The van der Waals surface area contributed by atoms with E-state index in [2.05, 4.69) is 5.32 Å². The third-order valence-electron chi connectivity index (χ3n) is 2.67. The highest BCUT2D eigenvalue weighted by Crippen LogP contribution is 2.33. The monoisotopic (exact) mass is 285 g/mol. The minimum absolute atomic E-state index is 0.0293. The SMILES string of the molecule is COc1cc(Cl)c(CNC(=O)C(C)(C)C)cc1OC. The fraction of sp³-hybridized carbons (Fsp3) is 0.500. The van der Waals surface area contributed by atoms with Crippen LogP contribution in [0.3, 0.4) is 0 Å². The summed E-state index contributed by atoms with van der Waals surface area (Å²) in [6, 6.07) is 3.45. The largest absolute Gasteiger partial charge is 0.493 e. The number of ether oxygens (including phenoxy) is 2. The first-order chi connectivity index (χ1) is 8.79. The molecule has 0 radical (unpaired) electrons. The number of hydrogen-bond donors (Lipinski definition) is 1. The molecule has 1 rings (SSSR count). The number of nitrogens with one attached hydrogen (secondary N) is 1. The number of methoxy groups -OCH3 is 2. The summed E-state index contributed by atoms with van der Waals surface area (Å²) in [4.78, 5) is 11.8. The van der Waals surface area contributed by atoms with Gasteiger partial charge < -0.3 is 14.8 Å². The van der Waals surface area contributed by atoms with Crippen molar-refractivity contribution in [1.29, 1.82) is 0 Å². The number of amides is 1. The van der Waals surface area contributed by atoms with E-state index in [9.17, 15) is 4.79 Å². The summed E-state index contributed by atoms with van der Waals surface area (Å²) in [5.74, 6) is 1.13. The second kappa shape index (κ2) is 6.15. The summed E-state index contributed by atoms with van der Waals surface area (Å²) in [6.45, 7) is 5.94. The number of halogens is 1. The van der Waals surface area contributed by atoms with Crippen molar-refractivity contribution in [1.82, 2.24) is 5.32 Å². The zero-order chi connectivity index (χ0) is 14.6. The van der Waals surface area contributed by atoms with Crippen LogP contribution in [0.2, 0.25) is 5.02 Å². The average molecular weight is 286 g/mol. The molecule has 0 aliphatic rings. The first kappa shape index (κ1) is 15.6. The highest BCUT2D eigenvalue weighted by molar-refractivity contribution is 6.31. The maximum atomic E-state index is 11.8. The first-order valence-electron chi connectivity index (χ1n) is 5.98. The van der Waals surface area contributed by atoms with E-state index < -0.39 is 5.41 Å². The Morgan fingerprint density at radius 3 is 2.21 bits per heavy atom. The van der Waals surface area contributed by atoms with Crippen molar-refractivity contribution in [3.8, 4) is 11.5 Å². The Kier molecular flexibility index (Phi) is 5.06. The van der Waals surface area contributed by atoms with Crippen molar-refractivity contribution in [3.05, 3.63) is 22.7 Å². The molecule has 0 aromatic heterocycles. The maximum absolute atomic E-state index is 11.8. The maximum Gasteiger partial charge on any atom is 0.225 e. The van der Waals surface area contributed by atoms with Gasteiger partial charge in [-0.2, -0.15) is 0 Å². The molecule has 1 N–H and O–H groups in total. The second-order valence-electron chi connectivity index (χ2n) is 5.23. The van der Waals surface area contributed by atoms with Gasteiger partial charge in [0, 0.05) is 23.0 Å². The number of benzene rings is 1. The van der Waals surface area contributed by atoms with Gasteiger partial charge in [0.25, 0.3) is 0 Å². The van der Waals surface area contributed by atoms with Crippen LogP contribution in [0.1, 0.15) is 26.3 Å². The second-order valence-corrected chi connectivity index (χ2v) is 5.64. The Balaban J connectivity index is 2.88. The molecule has 106 valence electrons. The van der Waals surface area contributed by atoms with Gasteiger partial charge in [0.15, 0.2) is 11.5 Å². The molecule has 0 atom stereocenters. The van der Waals surface area contributed by atoms with Gasteiger partial charge in [0.1, 0.15) is 0 Å². The molecule has 1 amide bonds. The molecule has 0 bridgehead atoms. The van der Waals surface area contributed by atoms with E-state index in [4.69, 9.17) is 21.1 Å². The molecule has 0 spiro atoms. The molecule has 0 unspecified atom stereocenters. The van der Waals surface area contributed by atoms with Crippen molar-refractivity contribution in [2.45, 2.75) is 27.3 Å². The number of carbonyl (C=O) groups is 1. The molecular formula is C14H20ClNO3. The normalized spacial score (nSPS) is 11.1. The molecule has 1 aromatic rings. The number of rotatable bonds is 4. The van der Waals surface area contributed by atoms with Crippen LogP contribution in [0, 0.1) is 5.41 Å². The van der Waals surface area contributed by atoms with Crippen LogP contribution in [0.15, 0.2) is 12.1 Å². The van der Waals surface area contributed by atoms with Crippen molar-refractivity contribution in [3.63, 3.8) is 0 Å². The van der Waals surface area contributed by atoms with Gasteiger partial charge in [-0.3, -0.25) is 4.79 Å². The van der Waals surface area contributed by atoms with E-state index >= 15 is 0 Å². The lowest BCUT2D eigenvalue weighted by Gasteiger charge is -2.18. The molecule has 19 heavy (non-hydrogen) atoms. The van der Waals surface area contributed by atoms with Gasteiger partial charge in [-0.05, 0) is 11.6 Å². The van der Waals surface area contributed by atoms with Crippen molar-refractivity contribution in [2.75, 3.05) is 14.2 Å². The summed E-state index contributed by atoms with van der Waals surface area (Å²) in [6.07, 6.45) is 0. The third kappa shape index (κ3) is 4.03. The Hall–Kier alpha value is -1.42. The standard InChI is InChI=1S/C14H20ClNO3/c1-14(2,3)13(17)16-8-9-6-11(18-4)12(19-5)7-10(9)15/h6-7H,8H2,1-5H3,(H,16,17). The molecule has 0 heterocycles. The molecule has 0 fully saturated rings. The van der Waals surface area contributed by atoms with Gasteiger partial charge in [0.2, 0.25) is 5.91 Å². The molecular weight excluding hydrogens is 266 g/mol. The van der Waals surface area contributed by atoms with Gasteiger partial charge in [-0.15, -0.1) is 0 Å². The molecule has 0 aliphatic heterocycles. The first-order valence-corrected chi connectivity index (χ1v) is 6.36. The predicted molar refractivity (Wildman–Crippen MR) is 75.9 cm³/mol. The average Bonchev–Trinajstić information content (AvgIpc) is 2.35. The fourth-order valence-corrected chi connectivity index (χ4v) is 1.69. The predicted octanol–water partition coefficient (Wildman–Crippen LogP) is 3.02. The summed E-state index contributed by atoms with van der Waals surface area (Å²) in [7, 11) is 3.11. The van der Waals surface area contributed by atoms with E-state index in [-0.39, 0.29) is 5.91 Å². The molecule has 0 aliphatic carbocycles. The zero-order valence-corrected chi connectivity index (χ0v) is 12.7. The van der Waals surface area contributed by atoms with Crippen LogP contribution in [0.5, 0.6) is 11.5 Å². The Labute approximate surface area is 119 Å². The number of hydrogen-bond acceptors (Lipinski definition) is 3. The lowest BCUT2D eigenvalue weighted by atomic mass is 9.95. The highest BCUT2D eigenvalue weighted by Gasteiger charge is 2.21. The van der Waals surface area contributed by atoms with Crippen LogP contribution in [-0.4, -0.2) is 20.1 Å². The Morgan fingerprint density at radius 2 is 1.74 bits per heavy atom. The highest BCUT2D eigenvalue weighted by atomic mass is 35.5. The Bertz CT molecular complexity index is 466. The molecule has 1 aromatic carbocycles. The number of carbonyl (C=O) groups excluding carboxylic acids is 1. The lowest BCUT2D eigenvalue weighted by molar-refractivity contribution is -0.128. The lowest BCUT2D eigenvalue weighted by Crippen LogP contribution is -2.34. The summed E-state index contributed by atoms with van der Waals surface area (Å²) in [5.41, 5.74) is 0.361. The molecule has 0 saturated carbocycles. The Morgan fingerprint density at radius 1 is 1.21 bits per heavy atom. The quantitative estimate of drug-likeness (QED) is 0.925. The fourth-order valence-electron chi connectivity index (χ4n) is 1.47. The minimum Gasteiger partial charge on any atom is -0.493 e. The summed E-state index contributed by atoms with van der Waals surface area (Å²) in [5, 5.41) is 3.38. The summed E-state index contributed by atoms with van der Waals surface area (Å²) < 4.78 is 10.4. The van der Waals surface area contributed by atoms with E-state index in [1.54, 1.807) is 26.4 Å². The zero-order valence-electron chi connectivity index (χ0n) is 12.0. The van der Waals surface area contributed by atoms with Crippen molar-refractivity contribution in [2.24, 2.45) is 5.41 Å². The van der Waals surface area contributed by atoms with Gasteiger partial charge in [-0.25, -0.2) is 0 Å². The molecule has 0 saturated heterocycles. The van der Waals surface area contributed by atoms with Crippen molar-refractivity contribution >= 4 is 17.5 Å². The smallest absolute Gasteiger partial charge is 0.225 e.